The van der Waals surface area contributed by atoms with Crippen LogP contribution in [0.15, 0.2) is 85.1 Å². The molecule has 0 rings (SSSR count). The van der Waals surface area contributed by atoms with Gasteiger partial charge >= 0.3 is 5.97 Å². The summed E-state index contributed by atoms with van der Waals surface area (Å²) in [4.78, 5) is 40.1. The highest BCUT2D eigenvalue weighted by atomic mass is 31.2. The molecule has 0 saturated carbocycles. The molecule has 1 amide bonds. The number of phosphoric ester groups is 1. The zero-order valence-electron chi connectivity index (χ0n) is 55.1. The molecule has 0 fully saturated rings. The van der Waals surface area contributed by atoms with E-state index < -0.39 is 26.6 Å². The van der Waals surface area contributed by atoms with Gasteiger partial charge in [-0.15, -0.1) is 0 Å². The van der Waals surface area contributed by atoms with Crippen LogP contribution in [-0.2, 0) is 27.9 Å². The SMILES string of the molecule is CC/C=C\C/C=C\C/C=C\C/C=C\C/C=C\C/C=C\CCC(=O)NC(COP(=O)([O-])OCC[N+](C)(C)C)C(/C=C\CCCCCCCCCCCCC)OC(=O)CCCCCCCCCCCCCCCCCCCCCCCCCCC. The van der Waals surface area contributed by atoms with Gasteiger partial charge in [-0.2, -0.15) is 0 Å². The van der Waals surface area contributed by atoms with Crippen molar-refractivity contribution < 1.29 is 37.3 Å². The topological polar surface area (TPSA) is 114 Å². The smallest absolute Gasteiger partial charge is 0.306 e. The molecular formula is C73H133N2O7P. The van der Waals surface area contributed by atoms with Crippen molar-refractivity contribution in [3.8, 4) is 0 Å². The van der Waals surface area contributed by atoms with E-state index in [1.165, 1.54) is 199 Å². The first kappa shape index (κ1) is 80.2. The van der Waals surface area contributed by atoms with Crippen LogP contribution in [0.1, 0.15) is 316 Å². The molecule has 482 valence electrons. The van der Waals surface area contributed by atoms with E-state index in [4.69, 9.17) is 13.8 Å². The minimum Gasteiger partial charge on any atom is -0.756 e. The molecule has 0 radical (unpaired) electrons. The molecule has 10 heteroatoms. The number of carbonyl (C=O) groups is 2. The quantitative estimate of drug-likeness (QED) is 0.0212. The average molecular weight is 1180 g/mol. The first-order chi connectivity index (χ1) is 40.4. The van der Waals surface area contributed by atoms with Gasteiger partial charge in [0, 0.05) is 12.8 Å². The summed E-state index contributed by atoms with van der Waals surface area (Å²) in [6, 6.07) is -0.932. The number of allylic oxidation sites excluding steroid dienone is 13. The van der Waals surface area contributed by atoms with Crippen LogP contribution in [-0.4, -0.2) is 69.4 Å². The molecule has 0 aliphatic carbocycles. The molecule has 9 nitrogen and oxygen atoms in total. The normalized spacial score (nSPS) is 14.1. The largest absolute Gasteiger partial charge is 0.756 e. The molecule has 0 saturated heterocycles. The predicted molar refractivity (Wildman–Crippen MR) is 358 cm³/mol. The van der Waals surface area contributed by atoms with E-state index in [2.05, 4.69) is 92.9 Å². The van der Waals surface area contributed by atoms with Crippen molar-refractivity contribution in [2.24, 2.45) is 0 Å². The molecule has 0 aliphatic heterocycles. The number of quaternary nitrogens is 1. The summed E-state index contributed by atoms with van der Waals surface area (Å²) in [5.74, 6) is -0.630. The Morgan fingerprint density at radius 3 is 1.16 bits per heavy atom. The van der Waals surface area contributed by atoms with E-state index in [1.54, 1.807) is 0 Å². The molecule has 0 aromatic carbocycles. The first-order valence-electron chi connectivity index (χ1n) is 34.9. The van der Waals surface area contributed by atoms with Gasteiger partial charge in [0.25, 0.3) is 7.82 Å². The molecule has 0 aromatic rings. The first-order valence-corrected chi connectivity index (χ1v) is 36.4. The van der Waals surface area contributed by atoms with Crippen LogP contribution in [0.2, 0.25) is 0 Å². The van der Waals surface area contributed by atoms with Crippen molar-refractivity contribution in [2.75, 3.05) is 40.9 Å². The maximum absolute atomic E-state index is 13.5. The van der Waals surface area contributed by atoms with Crippen molar-refractivity contribution in [3.63, 3.8) is 0 Å². The van der Waals surface area contributed by atoms with Crippen molar-refractivity contribution in [3.05, 3.63) is 85.1 Å². The highest BCUT2D eigenvalue weighted by molar-refractivity contribution is 7.45. The van der Waals surface area contributed by atoms with Crippen molar-refractivity contribution in [1.29, 1.82) is 0 Å². The Balaban J connectivity index is 5.18. The van der Waals surface area contributed by atoms with Crippen molar-refractivity contribution in [1.82, 2.24) is 5.32 Å². The lowest BCUT2D eigenvalue weighted by Gasteiger charge is -2.30. The summed E-state index contributed by atoms with van der Waals surface area (Å²) in [5, 5.41) is 2.99. The molecule has 0 bridgehead atoms. The van der Waals surface area contributed by atoms with Crippen molar-refractivity contribution in [2.45, 2.75) is 328 Å². The van der Waals surface area contributed by atoms with Gasteiger partial charge in [0.2, 0.25) is 5.91 Å². The van der Waals surface area contributed by atoms with Gasteiger partial charge in [-0.3, -0.25) is 14.2 Å². The summed E-state index contributed by atoms with van der Waals surface area (Å²) in [6.07, 6.45) is 83.1. The third-order valence-corrected chi connectivity index (χ3v) is 16.3. The number of ether oxygens (including phenoxy) is 1. The molecule has 0 spiro atoms. The van der Waals surface area contributed by atoms with Crippen LogP contribution in [0.4, 0.5) is 0 Å². The molecule has 3 unspecified atom stereocenters. The summed E-state index contributed by atoms with van der Waals surface area (Å²) >= 11 is 0. The van der Waals surface area contributed by atoms with Gasteiger partial charge in [-0.25, -0.2) is 0 Å². The number of nitrogens with zero attached hydrogens (tertiary/aromatic N) is 1. The second-order valence-corrected chi connectivity index (χ2v) is 26.1. The van der Waals surface area contributed by atoms with Crippen LogP contribution < -0.4 is 10.2 Å². The second-order valence-electron chi connectivity index (χ2n) is 24.7. The van der Waals surface area contributed by atoms with Crippen LogP contribution in [0.25, 0.3) is 0 Å². The monoisotopic (exact) mass is 1180 g/mol. The third kappa shape index (κ3) is 63.5. The molecule has 0 aromatic heterocycles. The summed E-state index contributed by atoms with van der Waals surface area (Å²) in [5.41, 5.74) is 0. The van der Waals surface area contributed by atoms with E-state index in [1.807, 2.05) is 39.4 Å². The molecular weight excluding hydrogens is 1050 g/mol. The van der Waals surface area contributed by atoms with E-state index >= 15 is 0 Å². The Kier molecular flexibility index (Phi) is 60.1. The fourth-order valence-electron chi connectivity index (χ4n) is 10.0. The lowest BCUT2D eigenvalue weighted by Crippen LogP contribution is -2.47. The van der Waals surface area contributed by atoms with Gasteiger partial charge in [0.05, 0.1) is 33.8 Å². The highest BCUT2D eigenvalue weighted by Crippen LogP contribution is 2.38. The number of hydrogen-bond donors (Lipinski definition) is 1. The van der Waals surface area contributed by atoms with Crippen LogP contribution in [0.5, 0.6) is 0 Å². The summed E-state index contributed by atoms with van der Waals surface area (Å²) < 4.78 is 30.4. The molecule has 1 N–H and O–H groups in total. The second kappa shape index (κ2) is 62.2. The number of unbranched alkanes of at least 4 members (excludes halogenated alkanes) is 35. The maximum atomic E-state index is 13.5. The van der Waals surface area contributed by atoms with E-state index in [-0.39, 0.29) is 31.3 Å². The lowest BCUT2D eigenvalue weighted by molar-refractivity contribution is -0.870. The van der Waals surface area contributed by atoms with Crippen molar-refractivity contribution >= 4 is 19.7 Å². The zero-order chi connectivity index (χ0) is 60.7. The molecule has 3 atom stereocenters. The number of carbonyl (C=O) groups excluding carboxylic acids is 2. The number of amides is 1. The predicted octanol–water partition coefficient (Wildman–Crippen LogP) is 21.5. The Labute approximate surface area is 514 Å². The Morgan fingerprint density at radius 1 is 0.434 bits per heavy atom. The molecule has 0 aliphatic rings. The number of phosphoric acid groups is 1. The minimum absolute atomic E-state index is 0.0376. The van der Waals surface area contributed by atoms with Gasteiger partial charge in [0.15, 0.2) is 0 Å². The molecule has 0 heterocycles. The van der Waals surface area contributed by atoms with Gasteiger partial charge in [-0.1, -0.05) is 318 Å². The standard InChI is InChI=1S/C73H133N2O7P/c1-7-10-13-16-19-22-25-28-30-32-34-35-36-37-38-39-41-43-45-48-51-54-57-60-63-66-73(77)82-71(64-61-58-55-52-49-46-27-24-21-18-15-12-9-3)70(69-81-83(78,79)80-68-67-75(4,5)6)74-72(76)65-62-59-56-53-50-47-44-42-40-33-31-29-26-23-20-17-14-11-8-2/h11,14,20,23,29,31,40,42,47,50,56,59,61,64,70-71H,7-10,12-13,15-19,21-22,24-28,30,32-39,41,43-46,48-49,51-55,57-58,60,62-63,65-69H2,1-6H3,(H-,74,76,78,79)/b14-11-,23-20-,31-29-,42-40-,50-47-,59-56-,64-61-. The molecule has 83 heavy (non-hydrogen) atoms. The number of esters is 1. The van der Waals surface area contributed by atoms with E-state index in [9.17, 15) is 19.0 Å². The van der Waals surface area contributed by atoms with Gasteiger partial charge < -0.3 is 28.5 Å². The highest BCUT2D eigenvalue weighted by Gasteiger charge is 2.27. The van der Waals surface area contributed by atoms with E-state index in [0.29, 0.717) is 17.4 Å². The van der Waals surface area contributed by atoms with Crippen LogP contribution in [0, 0.1) is 0 Å². The summed E-state index contributed by atoms with van der Waals surface area (Å²) in [7, 11) is 1.14. The fourth-order valence-corrected chi connectivity index (χ4v) is 10.7. The van der Waals surface area contributed by atoms with Crippen LogP contribution in [0.3, 0.4) is 0 Å². The van der Waals surface area contributed by atoms with Gasteiger partial charge in [-0.05, 0) is 70.3 Å². The summed E-state index contributed by atoms with van der Waals surface area (Å²) in [6.45, 7) is 6.71. The average Bonchev–Trinajstić information content (AvgIpc) is 3.47. The van der Waals surface area contributed by atoms with Crippen LogP contribution >= 0.6 is 7.82 Å². The Morgan fingerprint density at radius 2 is 0.783 bits per heavy atom. The van der Waals surface area contributed by atoms with E-state index in [0.717, 1.165) is 77.0 Å². The number of rotatable bonds is 63. The lowest BCUT2D eigenvalue weighted by atomic mass is 10.0. The fraction of sp³-hybridized carbons (Fsp3) is 0.781. The Hall–Kier alpha value is -2.81. The third-order valence-electron chi connectivity index (χ3n) is 15.4. The zero-order valence-corrected chi connectivity index (χ0v) is 56.0. The van der Waals surface area contributed by atoms with Gasteiger partial charge in [0.1, 0.15) is 19.3 Å². The minimum atomic E-state index is -4.73. The maximum Gasteiger partial charge on any atom is 0.306 e. The number of nitrogens with one attached hydrogen (secondary N) is 1. The number of likely N-dealkylation sites (N-methyl/N-ethyl adjacent to an activating group) is 1. The number of hydrogen-bond acceptors (Lipinski definition) is 7. The Bertz CT molecular complexity index is 1700.